The number of rotatable bonds is 4. The summed E-state index contributed by atoms with van der Waals surface area (Å²) in [6.07, 6.45) is 1.16. The first-order chi connectivity index (χ1) is 9.20. The van der Waals surface area contributed by atoms with E-state index in [4.69, 9.17) is 0 Å². The molecule has 0 aliphatic rings. The van der Waals surface area contributed by atoms with Crippen molar-refractivity contribution in [2.45, 2.75) is 19.9 Å². The monoisotopic (exact) mass is 296 g/mol. The summed E-state index contributed by atoms with van der Waals surface area (Å²) in [7, 11) is -3.16. The zero-order valence-corrected chi connectivity index (χ0v) is 12.3. The number of fused-ring (bicyclic) bond motifs is 1. The molecule has 1 aromatic heterocycles. The van der Waals surface area contributed by atoms with Crippen LogP contribution in [-0.2, 0) is 9.84 Å². The van der Waals surface area contributed by atoms with Gasteiger partial charge >= 0.3 is 5.97 Å². The predicted octanol–water partition coefficient (Wildman–Crippen LogP) is 1.65. The van der Waals surface area contributed by atoms with Gasteiger partial charge in [0.05, 0.1) is 22.3 Å². The molecule has 0 saturated heterocycles. The number of imidazole rings is 1. The van der Waals surface area contributed by atoms with Crippen molar-refractivity contribution >= 4 is 26.8 Å². The molecule has 1 unspecified atom stereocenters. The van der Waals surface area contributed by atoms with Crippen molar-refractivity contribution in [2.24, 2.45) is 0 Å². The summed E-state index contributed by atoms with van der Waals surface area (Å²) in [5.74, 6) is -0.513. The minimum Gasteiger partial charge on any atom is -0.478 e. The summed E-state index contributed by atoms with van der Waals surface area (Å²) < 4.78 is 24.6. The minimum absolute atomic E-state index is 0.0622. The number of carbonyl (C=O) groups is 1. The fourth-order valence-corrected chi connectivity index (χ4v) is 3.51. The van der Waals surface area contributed by atoms with E-state index in [9.17, 15) is 18.3 Å². The van der Waals surface area contributed by atoms with E-state index < -0.39 is 15.8 Å². The molecule has 1 atom stereocenters. The zero-order valence-electron chi connectivity index (χ0n) is 11.5. The zero-order chi connectivity index (χ0) is 15.1. The van der Waals surface area contributed by atoms with Gasteiger partial charge in [0.2, 0.25) is 0 Å². The Balaban J connectivity index is 2.69. The number of aromatic nitrogens is 2. The summed E-state index contributed by atoms with van der Waals surface area (Å²) in [5.41, 5.74) is 1.15. The van der Waals surface area contributed by atoms with Gasteiger partial charge in [-0.25, -0.2) is 18.2 Å². The number of nitrogens with zero attached hydrogens (tertiary/aromatic N) is 2. The molecular weight excluding hydrogens is 280 g/mol. The van der Waals surface area contributed by atoms with Crippen LogP contribution < -0.4 is 0 Å². The van der Waals surface area contributed by atoms with Gasteiger partial charge < -0.3 is 9.67 Å². The number of hydrogen-bond donors (Lipinski definition) is 1. The van der Waals surface area contributed by atoms with Crippen molar-refractivity contribution in [3.8, 4) is 0 Å². The average molecular weight is 296 g/mol. The van der Waals surface area contributed by atoms with Crippen LogP contribution in [0.4, 0.5) is 0 Å². The van der Waals surface area contributed by atoms with Crippen molar-refractivity contribution in [1.29, 1.82) is 0 Å². The largest absolute Gasteiger partial charge is 0.478 e. The van der Waals surface area contributed by atoms with E-state index in [0.29, 0.717) is 16.9 Å². The first-order valence-corrected chi connectivity index (χ1v) is 8.15. The Morgan fingerprint density at radius 3 is 2.65 bits per heavy atom. The first kappa shape index (κ1) is 14.5. The smallest absolute Gasteiger partial charge is 0.337 e. The quantitative estimate of drug-likeness (QED) is 0.926. The Kier molecular flexibility index (Phi) is 3.56. The summed E-state index contributed by atoms with van der Waals surface area (Å²) in [6, 6.07) is 4.47. The molecule has 7 heteroatoms. The predicted molar refractivity (Wildman–Crippen MR) is 75.9 cm³/mol. The van der Waals surface area contributed by atoms with E-state index in [1.807, 2.05) is 0 Å². The number of aryl methyl sites for hydroxylation is 1. The maximum atomic E-state index is 11.5. The minimum atomic E-state index is -3.16. The molecule has 0 aliphatic carbocycles. The van der Waals surface area contributed by atoms with E-state index >= 15 is 0 Å². The highest BCUT2D eigenvalue weighted by molar-refractivity contribution is 7.90. The van der Waals surface area contributed by atoms with Gasteiger partial charge in [0.1, 0.15) is 15.7 Å². The molecule has 0 fully saturated rings. The normalized spacial score (nSPS) is 13.6. The summed E-state index contributed by atoms with van der Waals surface area (Å²) in [4.78, 5) is 15.6. The Bertz CT molecular complexity index is 777. The third kappa shape index (κ3) is 2.67. The van der Waals surface area contributed by atoms with Crippen LogP contribution in [0.1, 0.15) is 29.1 Å². The van der Waals surface area contributed by atoms with Crippen LogP contribution in [0.2, 0.25) is 0 Å². The second kappa shape index (κ2) is 4.90. The number of para-hydroxylation sites is 1. The SMILES string of the molecule is Cc1nc2cccc(C(=O)O)c2n1C(C)CS(C)(=O)=O. The van der Waals surface area contributed by atoms with E-state index in [2.05, 4.69) is 4.98 Å². The van der Waals surface area contributed by atoms with Gasteiger partial charge in [-0.2, -0.15) is 0 Å². The molecule has 6 nitrogen and oxygen atoms in total. The molecule has 0 saturated carbocycles. The highest BCUT2D eigenvalue weighted by Crippen LogP contribution is 2.25. The van der Waals surface area contributed by atoms with Crippen LogP contribution in [-0.4, -0.2) is 41.1 Å². The number of aromatic carboxylic acids is 1. The molecule has 108 valence electrons. The summed E-state index contributed by atoms with van der Waals surface area (Å²) in [6.45, 7) is 3.48. The Labute approximate surface area is 117 Å². The number of carboxylic acids is 1. The van der Waals surface area contributed by atoms with E-state index in [-0.39, 0.29) is 17.4 Å². The lowest BCUT2D eigenvalue weighted by molar-refractivity contribution is 0.0698. The molecule has 1 N–H and O–H groups in total. The van der Waals surface area contributed by atoms with Gasteiger partial charge in [-0.15, -0.1) is 0 Å². The molecule has 0 aliphatic heterocycles. The van der Waals surface area contributed by atoms with Crippen LogP contribution in [0.25, 0.3) is 11.0 Å². The third-order valence-electron chi connectivity index (χ3n) is 3.10. The van der Waals surface area contributed by atoms with Gasteiger partial charge in [-0.3, -0.25) is 0 Å². The van der Waals surface area contributed by atoms with Crippen molar-refractivity contribution in [1.82, 2.24) is 9.55 Å². The van der Waals surface area contributed by atoms with E-state index in [0.717, 1.165) is 6.26 Å². The number of benzene rings is 1. The third-order valence-corrected chi connectivity index (χ3v) is 4.19. The van der Waals surface area contributed by atoms with Crippen LogP contribution in [0.15, 0.2) is 18.2 Å². The molecule has 1 aromatic carbocycles. The highest BCUT2D eigenvalue weighted by Gasteiger charge is 2.21. The van der Waals surface area contributed by atoms with Crippen molar-refractivity contribution in [3.05, 3.63) is 29.6 Å². The molecule has 0 bridgehead atoms. The standard InChI is InChI=1S/C13H16N2O4S/c1-8(7-20(3,18)19)15-9(2)14-11-6-4-5-10(12(11)15)13(16)17/h4-6,8H,7H2,1-3H3,(H,16,17). The van der Waals surface area contributed by atoms with Gasteiger partial charge in [0.15, 0.2) is 0 Å². The number of carboxylic acid groups (broad SMARTS) is 1. The topological polar surface area (TPSA) is 89.3 Å². The second-order valence-electron chi connectivity index (χ2n) is 4.95. The van der Waals surface area contributed by atoms with Gasteiger partial charge in [0.25, 0.3) is 0 Å². The lowest BCUT2D eigenvalue weighted by Crippen LogP contribution is -2.18. The lowest BCUT2D eigenvalue weighted by Gasteiger charge is -2.16. The number of sulfone groups is 1. The van der Waals surface area contributed by atoms with Crippen LogP contribution in [0, 0.1) is 6.92 Å². The van der Waals surface area contributed by atoms with Crippen molar-refractivity contribution in [3.63, 3.8) is 0 Å². The van der Waals surface area contributed by atoms with E-state index in [1.54, 1.807) is 30.5 Å². The first-order valence-electron chi connectivity index (χ1n) is 6.09. The molecular formula is C13H16N2O4S. The molecule has 0 spiro atoms. The molecule has 1 heterocycles. The second-order valence-corrected chi connectivity index (χ2v) is 7.13. The Hall–Kier alpha value is -1.89. The van der Waals surface area contributed by atoms with Gasteiger partial charge in [-0.05, 0) is 26.0 Å². The fourth-order valence-electron chi connectivity index (χ4n) is 2.49. The molecule has 0 radical (unpaired) electrons. The number of hydrogen-bond acceptors (Lipinski definition) is 4. The maximum absolute atomic E-state index is 11.5. The molecule has 20 heavy (non-hydrogen) atoms. The highest BCUT2D eigenvalue weighted by atomic mass is 32.2. The van der Waals surface area contributed by atoms with Gasteiger partial charge in [-0.1, -0.05) is 6.07 Å². The molecule has 0 amide bonds. The molecule has 2 aromatic rings. The maximum Gasteiger partial charge on any atom is 0.337 e. The average Bonchev–Trinajstić information content (AvgIpc) is 2.61. The summed E-state index contributed by atoms with van der Waals surface area (Å²) >= 11 is 0. The Morgan fingerprint density at radius 2 is 2.10 bits per heavy atom. The van der Waals surface area contributed by atoms with E-state index in [1.165, 1.54) is 6.07 Å². The lowest BCUT2D eigenvalue weighted by atomic mass is 10.1. The molecule has 2 rings (SSSR count). The van der Waals surface area contributed by atoms with Gasteiger partial charge in [0, 0.05) is 12.3 Å². The van der Waals surface area contributed by atoms with Crippen molar-refractivity contribution in [2.75, 3.05) is 12.0 Å². The fraction of sp³-hybridized carbons (Fsp3) is 0.385. The Morgan fingerprint density at radius 1 is 1.45 bits per heavy atom. The van der Waals surface area contributed by atoms with Crippen LogP contribution >= 0.6 is 0 Å². The van der Waals surface area contributed by atoms with Crippen LogP contribution in [0.3, 0.4) is 0 Å². The van der Waals surface area contributed by atoms with Crippen LogP contribution in [0.5, 0.6) is 0 Å². The summed E-state index contributed by atoms with van der Waals surface area (Å²) in [5, 5.41) is 9.27. The van der Waals surface area contributed by atoms with Crippen molar-refractivity contribution < 1.29 is 18.3 Å².